The number of hydrogen-bond donors (Lipinski definition) is 2. The Hall–Kier alpha value is -1.59. The molecular weight excluding hydrogens is 232 g/mol. The van der Waals surface area contributed by atoms with E-state index in [0.717, 1.165) is 11.3 Å². The molecule has 0 unspecified atom stereocenters. The van der Waals surface area contributed by atoms with Gasteiger partial charge in [-0.25, -0.2) is 0 Å². The summed E-state index contributed by atoms with van der Waals surface area (Å²) in [5.41, 5.74) is 6.29. The zero-order valence-corrected chi connectivity index (χ0v) is 10.6. The molecule has 0 radical (unpaired) electrons. The molecule has 0 heterocycles. The number of nitrogens with two attached hydrogens (primary N) is 1. The van der Waals surface area contributed by atoms with Gasteiger partial charge in [0, 0.05) is 26.6 Å². The second kappa shape index (κ2) is 8.49. The van der Waals surface area contributed by atoms with Crippen LogP contribution in [-0.4, -0.2) is 32.8 Å². The molecule has 5 nitrogen and oxygen atoms in total. The van der Waals surface area contributed by atoms with Gasteiger partial charge in [0.1, 0.15) is 12.4 Å². The van der Waals surface area contributed by atoms with Gasteiger partial charge < -0.3 is 20.5 Å². The van der Waals surface area contributed by atoms with Crippen LogP contribution in [-0.2, 0) is 16.1 Å². The molecule has 0 aliphatic heterocycles. The molecule has 0 atom stereocenters. The second-order valence-electron chi connectivity index (χ2n) is 3.80. The maximum absolute atomic E-state index is 11.3. The molecule has 1 aromatic rings. The van der Waals surface area contributed by atoms with E-state index < -0.39 is 0 Å². The Morgan fingerprint density at radius 2 is 2.22 bits per heavy atom. The van der Waals surface area contributed by atoms with Crippen molar-refractivity contribution >= 4 is 5.91 Å². The second-order valence-corrected chi connectivity index (χ2v) is 3.80. The van der Waals surface area contributed by atoms with Crippen LogP contribution >= 0.6 is 0 Å². The summed E-state index contributed by atoms with van der Waals surface area (Å²) in [4.78, 5) is 11.3. The molecule has 0 bridgehead atoms. The van der Waals surface area contributed by atoms with Crippen molar-refractivity contribution < 1.29 is 14.3 Å². The van der Waals surface area contributed by atoms with Crippen molar-refractivity contribution in [1.82, 2.24) is 5.32 Å². The van der Waals surface area contributed by atoms with Crippen molar-refractivity contribution in [3.8, 4) is 5.75 Å². The van der Waals surface area contributed by atoms with Crippen molar-refractivity contribution in [2.75, 3.05) is 26.9 Å². The fourth-order valence-corrected chi connectivity index (χ4v) is 1.41. The number of amides is 1. The van der Waals surface area contributed by atoms with E-state index in [2.05, 4.69) is 5.32 Å². The summed E-state index contributed by atoms with van der Waals surface area (Å²) in [6, 6.07) is 7.61. The Balaban J connectivity index is 2.41. The average molecular weight is 252 g/mol. The predicted octanol–water partition coefficient (Wildman–Crippen LogP) is 0.677. The first-order chi connectivity index (χ1) is 8.76. The highest BCUT2D eigenvalue weighted by atomic mass is 16.5. The fourth-order valence-electron chi connectivity index (χ4n) is 1.41. The van der Waals surface area contributed by atoms with Gasteiger partial charge in [-0.05, 0) is 17.7 Å². The molecule has 1 rings (SSSR count). The standard InChI is InChI=1S/C13H20N2O3/c1-17-7-8-18-12-4-2-3-11(9-12)10-15-13(16)5-6-14/h2-4,9H,5-8,10,14H2,1H3,(H,15,16). The average Bonchev–Trinajstić information content (AvgIpc) is 2.38. The number of benzene rings is 1. The minimum absolute atomic E-state index is 0.0387. The largest absolute Gasteiger partial charge is 0.491 e. The number of methoxy groups -OCH3 is 1. The Kier molecular flexibility index (Phi) is 6.83. The van der Waals surface area contributed by atoms with E-state index in [4.69, 9.17) is 15.2 Å². The van der Waals surface area contributed by atoms with E-state index in [1.165, 1.54) is 0 Å². The predicted molar refractivity (Wildman–Crippen MR) is 69.3 cm³/mol. The molecule has 0 aliphatic carbocycles. The molecule has 0 fully saturated rings. The van der Waals surface area contributed by atoms with Crippen LogP contribution in [0, 0.1) is 0 Å². The Morgan fingerprint density at radius 1 is 1.39 bits per heavy atom. The molecule has 18 heavy (non-hydrogen) atoms. The number of carbonyl (C=O) groups is 1. The third-order valence-corrected chi connectivity index (χ3v) is 2.32. The lowest BCUT2D eigenvalue weighted by Gasteiger charge is -2.08. The molecule has 1 amide bonds. The van der Waals surface area contributed by atoms with Crippen molar-refractivity contribution in [2.45, 2.75) is 13.0 Å². The topological polar surface area (TPSA) is 73.6 Å². The molecular formula is C13H20N2O3. The smallest absolute Gasteiger partial charge is 0.221 e. The lowest BCUT2D eigenvalue weighted by atomic mass is 10.2. The quantitative estimate of drug-likeness (QED) is 0.667. The highest BCUT2D eigenvalue weighted by Gasteiger charge is 2.01. The number of hydrogen-bond acceptors (Lipinski definition) is 4. The molecule has 5 heteroatoms. The molecule has 1 aromatic carbocycles. The minimum Gasteiger partial charge on any atom is -0.491 e. The number of carbonyl (C=O) groups excluding carboxylic acids is 1. The summed E-state index contributed by atoms with van der Waals surface area (Å²) in [6.45, 7) is 1.92. The van der Waals surface area contributed by atoms with E-state index in [0.29, 0.717) is 32.7 Å². The third kappa shape index (κ3) is 5.65. The first-order valence-corrected chi connectivity index (χ1v) is 5.93. The van der Waals surface area contributed by atoms with Gasteiger partial charge in [-0.2, -0.15) is 0 Å². The van der Waals surface area contributed by atoms with Crippen LogP contribution in [0.15, 0.2) is 24.3 Å². The van der Waals surface area contributed by atoms with Gasteiger partial charge in [0.15, 0.2) is 0 Å². The van der Waals surface area contributed by atoms with Gasteiger partial charge in [-0.1, -0.05) is 12.1 Å². The lowest BCUT2D eigenvalue weighted by molar-refractivity contribution is -0.121. The SMILES string of the molecule is COCCOc1cccc(CNC(=O)CCN)c1. The Bertz CT molecular complexity index is 369. The molecule has 0 aromatic heterocycles. The van der Waals surface area contributed by atoms with Crippen molar-refractivity contribution in [3.63, 3.8) is 0 Å². The van der Waals surface area contributed by atoms with E-state index in [-0.39, 0.29) is 5.91 Å². The summed E-state index contributed by atoms with van der Waals surface area (Å²) in [6.07, 6.45) is 0.351. The first kappa shape index (κ1) is 14.5. The summed E-state index contributed by atoms with van der Waals surface area (Å²) in [5, 5.41) is 2.80. The van der Waals surface area contributed by atoms with E-state index in [1.54, 1.807) is 7.11 Å². The summed E-state index contributed by atoms with van der Waals surface area (Å²) >= 11 is 0. The highest BCUT2D eigenvalue weighted by Crippen LogP contribution is 2.13. The first-order valence-electron chi connectivity index (χ1n) is 5.93. The van der Waals surface area contributed by atoms with Crippen LogP contribution in [0.3, 0.4) is 0 Å². The van der Waals surface area contributed by atoms with Crippen LogP contribution in [0.25, 0.3) is 0 Å². The Morgan fingerprint density at radius 3 is 2.94 bits per heavy atom. The maximum Gasteiger partial charge on any atom is 0.221 e. The maximum atomic E-state index is 11.3. The van der Waals surface area contributed by atoms with Crippen LogP contribution in [0.5, 0.6) is 5.75 Å². The number of nitrogens with one attached hydrogen (secondary N) is 1. The van der Waals surface area contributed by atoms with Crippen LogP contribution in [0.4, 0.5) is 0 Å². The van der Waals surface area contributed by atoms with Gasteiger partial charge in [0.2, 0.25) is 5.91 Å². The normalized spacial score (nSPS) is 10.1. The van der Waals surface area contributed by atoms with Gasteiger partial charge >= 0.3 is 0 Å². The van der Waals surface area contributed by atoms with Crippen molar-refractivity contribution in [2.24, 2.45) is 5.73 Å². The Labute approximate surface area is 107 Å². The molecule has 0 spiro atoms. The molecule has 0 saturated carbocycles. The third-order valence-electron chi connectivity index (χ3n) is 2.32. The molecule has 3 N–H and O–H groups in total. The monoisotopic (exact) mass is 252 g/mol. The van der Waals surface area contributed by atoms with Gasteiger partial charge in [-0.3, -0.25) is 4.79 Å². The van der Waals surface area contributed by atoms with Gasteiger partial charge in [0.25, 0.3) is 0 Å². The summed E-state index contributed by atoms with van der Waals surface area (Å²) in [7, 11) is 1.63. The molecule has 0 aliphatic rings. The van der Waals surface area contributed by atoms with Crippen LogP contribution in [0.1, 0.15) is 12.0 Å². The fraction of sp³-hybridized carbons (Fsp3) is 0.462. The van der Waals surface area contributed by atoms with E-state index >= 15 is 0 Å². The van der Waals surface area contributed by atoms with Crippen LogP contribution in [0.2, 0.25) is 0 Å². The molecule has 100 valence electrons. The highest BCUT2D eigenvalue weighted by molar-refractivity contribution is 5.76. The molecule has 0 saturated heterocycles. The van der Waals surface area contributed by atoms with Gasteiger partial charge in [-0.15, -0.1) is 0 Å². The van der Waals surface area contributed by atoms with Crippen molar-refractivity contribution in [3.05, 3.63) is 29.8 Å². The zero-order valence-electron chi connectivity index (χ0n) is 10.6. The zero-order chi connectivity index (χ0) is 13.2. The lowest BCUT2D eigenvalue weighted by Crippen LogP contribution is -2.24. The van der Waals surface area contributed by atoms with Crippen molar-refractivity contribution in [1.29, 1.82) is 0 Å². The summed E-state index contributed by atoms with van der Waals surface area (Å²) < 4.78 is 10.4. The van der Waals surface area contributed by atoms with E-state index in [1.807, 2.05) is 24.3 Å². The minimum atomic E-state index is -0.0387. The van der Waals surface area contributed by atoms with E-state index in [9.17, 15) is 4.79 Å². The number of rotatable bonds is 8. The number of ether oxygens (including phenoxy) is 2. The van der Waals surface area contributed by atoms with Gasteiger partial charge in [0.05, 0.1) is 6.61 Å². The van der Waals surface area contributed by atoms with Crippen LogP contribution < -0.4 is 15.8 Å². The summed E-state index contributed by atoms with van der Waals surface area (Å²) in [5.74, 6) is 0.737.